The van der Waals surface area contributed by atoms with Gasteiger partial charge in [0.15, 0.2) is 6.10 Å². The first-order chi connectivity index (χ1) is 13.8. The predicted octanol–water partition coefficient (Wildman–Crippen LogP) is 4.35. The van der Waals surface area contributed by atoms with E-state index < -0.39 is 37.2 Å². The third kappa shape index (κ3) is 6.33. The van der Waals surface area contributed by atoms with Crippen molar-refractivity contribution >= 4 is 25.2 Å². The highest BCUT2D eigenvalue weighted by atomic mass is 35.5. The zero-order valence-corrected chi connectivity index (χ0v) is 17.2. The summed E-state index contributed by atoms with van der Waals surface area (Å²) < 4.78 is 64.7. The molecule has 0 saturated heterocycles. The van der Waals surface area contributed by atoms with Crippen LogP contribution in [0.3, 0.4) is 0 Å². The summed E-state index contributed by atoms with van der Waals surface area (Å²) in [6.45, 7) is 2.52. The smallest absolute Gasteiger partial charge is 0.417 e. The van der Waals surface area contributed by atoms with Crippen LogP contribution in [0.25, 0.3) is 0 Å². The third-order valence-corrected chi connectivity index (χ3v) is 5.29. The Morgan fingerprint density at radius 3 is 2.30 bits per heavy atom. The monoisotopic (exact) mass is 468 g/mol. The van der Waals surface area contributed by atoms with Gasteiger partial charge in [0, 0.05) is 6.20 Å². The molecule has 1 aromatic carbocycles. The SMILES string of the molecule is CC(Oc1ccc(Oc2ncc(C(F)(F)F)cc2Cl)cc1)C(=O)OP(=O)(O)C(C)N. The fraction of sp³-hybridized carbons (Fsp3) is 0.294. The van der Waals surface area contributed by atoms with E-state index in [1.807, 2.05) is 0 Å². The number of hydrogen-bond acceptors (Lipinski definition) is 7. The molecular formula is C17H17ClF3N2O6P. The van der Waals surface area contributed by atoms with Crippen molar-refractivity contribution in [2.24, 2.45) is 5.73 Å². The van der Waals surface area contributed by atoms with E-state index in [2.05, 4.69) is 9.51 Å². The molecular weight excluding hydrogens is 452 g/mol. The summed E-state index contributed by atoms with van der Waals surface area (Å²) in [6, 6.07) is 6.25. The van der Waals surface area contributed by atoms with E-state index in [0.29, 0.717) is 12.3 Å². The Morgan fingerprint density at radius 1 is 1.23 bits per heavy atom. The van der Waals surface area contributed by atoms with E-state index in [1.165, 1.54) is 38.1 Å². The number of nitrogens with two attached hydrogens (primary N) is 1. The maximum atomic E-state index is 12.6. The van der Waals surface area contributed by atoms with Crippen molar-refractivity contribution in [1.82, 2.24) is 4.98 Å². The number of benzene rings is 1. The van der Waals surface area contributed by atoms with Gasteiger partial charge in [-0.3, -0.25) is 0 Å². The molecule has 1 heterocycles. The summed E-state index contributed by atoms with van der Waals surface area (Å²) in [4.78, 5) is 24.9. The lowest BCUT2D eigenvalue weighted by Gasteiger charge is -2.18. The molecule has 0 saturated carbocycles. The van der Waals surface area contributed by atoms with Crippen molar-refractivity contribution in [3.05, 3.63) is 47.1 Å². The number of pyridine rings is 1. The van der Waals surface area contributed by atoms with Crippen LogP contribution in [-0.4, -0.2) is 27.7 Å². The zero-order valence-electron chi connectivity index (χ0n) is 15.6. The van der Waals surface area contributed by atoms with Crippen molar-refractivity contribution in [3.63, 3.8) is 0 Å². The number of halogens is 4. The van der Waals surface area contributed by atoms with E-state index in [-0.39, 0.29) is 22.4 Å². The van der Waals surface area contributed by atoms with Gasteiger partial charge in [-0.05, 0) is 44.2 Å². The van der Waals surface area contributed by atoms with Crippen LogP contribution >= 0.6 is 19.2 Å². The number of nitrogens with zero attached hydrogens (tertiary/aromatic N) is 1. The van der Waals surface area contributed by atoms with Gasteiger partial charge in [0.25, 0.3) is 0 Å². The van der Waals surface area contributed by atoms with Crippen LogP contribution < -0.4 is 15.2 Å². The Balaban J connectivity index is 2.02. The summed E-state index contributed by atoms with van der Waals surface area (Å²) in [6.07, 6.45) is -5.21. The largest absolute Gasteiger partial charge is 0.479 e. The molecule has 1 aromatic heterocycles. The van der Waals surface area contributed by atoms with Crippen molar-refractivity contribution in [1.29, 1.82) is 0 Å². The fourth-order valence-corrected chi connectivity index (χ4v) is 2.67. The van der Waals surface area contributed by atoms with Crippen LogP contribution in [0, 0.1) is 0 Å². The highest BCUT2D eigenvalue weighted by Crippen LogP contribution is 2.45. The Morgan fingerprint density at radius 2 is 1.80 bits per heavy atom. The lowest BCUT2D eigenvalue weighted by Crippen LogP contribution is -2.28. The van der Waals surface area contributed by atoms with Gasteiger partial charge in [0.2, 0.25) is 5.88 Å². The summed E-state index contributed by atoms with van der Waals surface area (Å²) in [5, 5.41) is -0.330. The normalized spacial score (nSPS) is 15.6. The molecule has 8 nitrogen and oxygen atoms in total. The van der Waals surface area contributed by atoms with Gasteiger partial charge in [0.1, 0.15) is 22.3 Å². The Labute approximate surface area is 174 Å². The summed E-state index contributed by atoms with van der Waals surface area (Å²) >= 11 is 5.78. The molecule has 0 aliphatic carbocycles. The van der Waals surface area contributed by atoms with Gasteiger partial charge < -0.3 is 24.6 Å². The Hall–Kier alpha value is -2.33. The standard InChI is InChI=1S/C17H17ClF3N2O6P/c1-9(16(24)29-30(25,26)10(2)22)27-12-3-5-13(6-4-12)28-15-14(18)7-11(8-23-15)17(19,20)21/h3-10H,22H2,1-2H3,(H,25,26). The van der Waals surface area contributed by atoms with Crippen LogP contribution in [0.15, 0.2) is 36.5 Å². The second kappa shape index (κ2) is 9.22. The number of alkyl halides is 3. The maximum Gasteiger partial charge on any atom is 0.417 e. The number of aromatic nitrogens is 1. The van der Waals surface area contributed by atoms with Gasteiger partial charge in [-0.15, -0.1) is 0 Å². The van der Waals surface area contributed by atoms with Crippen LogP contribution in [0.4, 0.5) is 13.2 Å². The van der Waals surface area contributed by atoms with Gasteiger partial charge in [-0.2, -0.15) is 13.2 Å². The number of carbonyl (C=O) groups is 1. The third-order valence-electron chi connectivity index (χ3n) is 3.55. The second-order valence-corrected chi connectivity index (χ2v) is 8.59. The van der Waals surface area contributed by atoms with Gasteiger partial charge in [0.05, 0.1) is 5.56 Å². The summed E-state index contributed by atoms with van der Waals surface area (Å²) in [5.41, 5.74) is 4.26. The molecule has 164 valence electrons. The lowest BCUT2D eigenvalue weighted by molar-refractivity contribution is -0.142. The van der Waals surface area contributed by atoms with Gasteiger partial charge in [-0.1, -0.05) is 11.6 Å². The molecule has 3 N–H and O–H groups in total. The topological polar surface area (TPSA) is 121 Å². The minimum atomic E-state index is -4.59. The molecule has 2 rings (SSSR count). The maximum absolute atomic E-state index is 12.6. The van der Waals surface area contributed by atoms with Crippen LogP contribution in [0.1, 0.15) is 19.4 Å². The highest BCUT2D eigenvalue weighted by Gasteiger charge is 2.33. The predicted molar refractivity (Wildman–Crippen MR) is 100 cm³/mol. The molecule has 13 heteroatoms. The molecule has 0 aliphatic rings. The van der Waals surface area contributed by atoms with E-state index >= 15 is 0 Å². The first-order valence-electron chi connectivity index (χ1n) is 8.28. The van der Waals surface area contributed by atoms with Crippen molar-refractivity contribution in [3.8, 4) is 17.4 Å². The summed E-state index contributed by atoms with van der Waals surface area (Å²) in [5.74, 6) is -2.20. The molecule has 0 fully saturated rings. The van der Waals surface area contributed by atoms with E-state index in [4.69, 9.17) is 26.8 Å². The molecule has 0 aliphatic heterocycles. The van der Waals surface area contributed by atoms with E-state index in [0.717, 1.165) is 0 Å². The molecule has 3 unspecified atom stereocenters. The van der Waals surface area contributed by atoms with Crippen LogP contribution in [0.2, 0.25) is 5.02 Å². The molecule has 3 atom stereocenters. The quantitative estimate of drug-likeness (QED) is 0.575. The number of rotatable bonds is 7. The molecule has 0 radical (unpaired) electrons. The molecule has 2 aromatic rings. The second-order valence-electron chi connectivity index (χ2n) is 6.06. The highest BCUT2D eigenvalue weighted by molar-refractivity contribution is 7.54. The van der Waals surface area contributed by atoms with E-state index in [9.17, 15) is 27.4 Å². The van der Waals surface area contributed by atoms with Gasteiger partial charge >= 0.3 is 19.7 Å². The summed E-state index contributed by atoms with van der Waals surface area (Å²) in [7, 11) is -4.31. The number of ether oxygens (including phenoxy) is 2. The number of hydrogen-bond donors (Lipinski definition) is 2. The van der Waals surface area contributed by atoms with Crippen LogP contribution in [0.5, 0.6) is 17.4 Å². The number of carbonyl (C=O) groups excluding carboxylic acids is 1. The Bertz CT molecular complexity index is 955. The van der Waals surface area contributed by atoms with Gasteiger partial charge in [-0.25, -0.2) is 14.3 Å². The molecule has 0 spiro atoms. The molecule has 0 amide bonds. The average Bonchev–Trinajstić information content (AvgIpc) is 2.63. The first kappa shape index (κ1) is 23.9. The van der Waals surface area contributed by atoms with Crippen molar-refractivity contribution in [2.45, 2.75) is 31.9 Å². The molecule has 0 bridgehead atoms. The minimum Gasteiger partial charge on any atom is -0.479 e. The average molecular weight is 469 g/mol. The first-order valence-corrected chi connectivity index (χ1v) is 10.3. The van der Waals surface area contributed by atoms with Crippen molar-refractivity contribution < 1.29 is 41.4 Å². The Kier molecular flexibility index (Phi) is 7.36. The minimum absolute atomic E-state index is 0.184. The molecule has 30 heavy (non-hydrogen) atoms. The van der Waals surface area contributed by atoms with Crippen LogP contribution in [-0.2, 0) is 20.1 Å². The van der Waals surface area contributed by atoms with Crippen molar-refractivity contribution in [2.75, 3.05) is 0 Å². The fourth-order valence-electron chi connectivity index (χ4n) is 1.89. The zero-order chi connectivity index (χ0) is 22.7. The van der Waals surface area contributed by atoms with E-state index in [1.54, 1.807) is 0 Å². The lowest BCUT2D eigenvalue weighted by atomic mass is 10.3.